The van der Waals surface area contributed by atoms with Crippen molar-refractivity contribution in [1.82, 2.24) is 4.31 Å². The highest BCUT2D eigenvalue weighted by Crippen LogP contribution is 2.27. The zero-order chi connectivity index (χ0) is 21.3. The summed E-state index contributed by atoms with van der Waals surface area (Å²) in [5, 5.41) is 5.48. The topological polar surface area (TPSA) is 96.3 Å². The van der Waals surface area contributed by atoms with E-state index in [1.807, 2.05) is 6.07 Å². The molecule has 0 unspecified atom stereocenters. The number of hydrazone groups is 1. The van der Waals surface area contributed by atoms with Gasteiger partial charge in [0.15, 0.2) is 5.78 Å². The molecule has 30 heavy (non-hydrogen) atoms. The molecule has 2 aliphatic rings. The molecule has 0 bridgehead atoms. The van der Waals surface area contributed by atoms with Crippen molar-refractivity contribution in [2.45, 2.75) is 11.8 Å². The van der Waals surface area contributed by atoms with Crippen LogP contribution in [0.25, 0.3) is 0 Å². The molecule has 2 aromatic carbocycles. The molecule has 0 aliphatic carbocycles. The molecule has 1 amide bonds. The smallest absolute Gasteiger partial charge is 0.264 e. The SMILES string of the molecule is CC1=NN(c2ccccc2)C(=O)[C@H]1C(=O)c1ccc(S(=O)(=O)N2CCOCC2)cc1. The van der Waals surface area contributed by atoms with Crippen LogP contribution in [0.1, 0.15) is 17.3 Å². The molecule has 2 aromatic rings. The zero-order valence-electron chi connectivity index (χ0n) is 16.4. The van der Waals surface area contributed by atoms with Crippen LogP contribution in [0.4, 0.5) is 5.69 Å². The average molecular weight is 427 g/mol. The molecular weight excluding hydrogens is 406 g/mol. The maximum absolute atomic E-state index is 13.0. The molecule has 0 spiro atoms. The van der Waals surface area contributed by atoms with Gasteiger partial charge in [-0.15, -0.1) is 0 Å². The van der Waals surface area contributed by atoms with E-state index in [1.165, 1.54) is 33.6 Å². The Morgan fingerprint density at radius 2 is 1.67 bits per heavy atom. The van der Waals surface area contributed by atoms with Gasteiger partial charge in [0.2, 0.25) is 10.0 Å². The second kappa shape index (κ2) is 8.10. The van der Waals surface area contributed by atoms with Crippen LogP contribution in [-0.2, 0) is 19.6 Å². The van der Waals surface area contributed by atoms with Crippen molar-refractivity contribution in [1.29, 1.82) is 0 Å². The van der Waals surface area contributed by atoms with Crippen molar-refractivity contribution < 1.29 is 22.7 Å². The molecule has 8 nitrogen and oxygen atoms in total. The molecule has 1 atom stereocenters. The fourth-order valence-electron chi connectivity index (χ4n) is 3.52. The van der Waals surface area contributed by atoms with Crippen LogP contribution in [-0.4, -0.2) is 56.4 Å². The molecule has 4 rings (SSSR count). The molecular formula is C21H21N3O5S. The third-order valence-corrected chi connectivity index (χ3v) is 7.05. The summed E-state index contributed by atoms with van der Waals surface area (Å²) in [6.07, 6.45) is 0. The van der Waals surface area contributed by atoms with E-state index in [1.54, 1.807) is 31.2 Å². The summed E-state index contributed by atoms with van der Waals surface area (Å²) in [4.78, 5) is 25.9. The van der Waals surface area contributed by atoms with Gasteiger partial charge in [-0.2, -0.15) is 14.4 Å². The van der Waals surface area contributed by atoms with E-state index in [2.05, 4.69) is 5.10 Å². The standard InChI is InChI=1S/C21H21N3O5S/c1-15-19(21(26)24(22-15)17-5-3-2-4-6-17)20(25)16-7-9-18(10-8-16)30(27,28)23-11-13-29-14-12-23/h2-10,19H,11-14H2,1H3/t19-/m1/s1. The summed E-state index contributed by atoms with van der Waals surface area (Å²) in [7, 11) is -3.65. The summed E-state index contributed by atoms with van der Waals surface area (Å²) in [6.45, 7) is 2.95. The second-order valence-electron chi connectivity index (χ2n) is 7.07. The van der Waals surface area contributed by atoms with E-state index in [-0.39, 0.29) is 10.5 Å². The number of sulfonamides is 1. The zero-order valence-corrected chi connectivity index (χ0v) is 17.2. The van der Waals surface area contributed by atoms with Crippen LogP contribution < -0.4 is 5.01 Å². The van der Waals surface area contributed by atoms with Crippen molar-refractivity contribution in [3.63, 3.8) is 0 Å². The maximum atomic E-state index is 13.0. The fourth-order valence-corrected chi connectivity index (χ4v) is 4.92. The van der Waals surface area contributed by atoms with Crippen LogP contribution in [0, 0.1) is 5.92 Å². The summed E-state index contributed by atoms with van der Waals surface area (Å²) in [5.41, 5.74) is 1.25. The number of hydrogen-bond acceptors (Lipinski definition) is 6. The fraction of sp³-hybridized carbons (Fsp3) is 0.286. The number of nitrogens with zero attached hydrogens (tertiary/aromatic N) is 3. The first-order valence-electron chi connectivity index (χ1n) is 9.56. The van der Waals surface area contributed by atoms with Gasteiger partial charge in [0.05, 0.1) is 29.5 Å². The summed E-state index contributed by atoms with van der Waals surface area (Å²) < 4.78 is 32.0. The van der Waals surface area contributed by atoms with E-state index in [0.717, 1.165) is 0 Å². The number of benzene rings is 2. The predicted molar refractivity (Wildman–Crippen MR) is 111 cm³/mol. The highest BCUT2D eigenvalue weighted by molar-refractivity contribution is 7.89. The van der Waals surface area contributed by atoms with Crippen molar-refractivity contribution >= 4 is 33.1 Å². The van der Waals surface area contributed by atoms with Crippen molar-refractivity contribution in [3.8, 4) is 0 Å². The van der Waals surface area contributed by atoms with E-state index in [4.69, 9.17) is 4.74 Å². The number of morpholine rings is 1. The highest BCUT2D eigenvalue weighted by atomic mass is 32.2. The van der Waals surface area contributed by atoms with Crippen molar-refractivity contribution in [2.24, 2.45) is 11.0 Å². The summed E-state index contributed by atoms with van der Waals surface area (Å²) in [5.74, 6) is -1.85. The lowest BCUT2D eigenvalue weighted by molar-refractivity contribution is -0.118. The minimum absolute atomic E-state index is 0.106. The number of Topliss-reactive ketones (excluding diaryl/α,β-unsaturated/α-hetero) is 1. The first-order valence-corrected chi connectivity index (χ1v) is 11.0. The third kappa shape index (κ3) is 3.67. The third-order valence-electron chi connectivity index (χ3n) is 5.14. The lowest BCUT2D eigenvalue weighted by Gasteiger charge is -2.26. The lowest BCUT2D eigenvalue weighted by Crippen LogP contribution is -2.40. The lowest BCUT2D eigenvalue weighted by atomic mass is 9.94. The molecule has 2 aliphatic heterocycles. The van der Waals surface area contributed by atoms with Gasteiger partial charge in [0.25, 0.3) is 5.91 Å². The first kappa shape index (κ1) is 20.4. The highest BCUT2D eigenvalue weighted by Gasteiger charge is 2.40. The molecule has 0 radical (unpaired) electrons. The molecule has 0 saturated carbocycles. The van der Waals surface area contributed by atoms with Gasteiger partial charge in [0.1, 0.15) is 5.92 Å². The van der Waals surface area contributed by atoms with Crippen molar-refractivity contribution in [3.05, 3.63) is 60.2 Å². The number of hydrogen-bond donors (Lipinski definition) is 0. The number of amides is 1. The molecule has 2 heterocycles. The van der Waals surface area contributed by atoms with E-state index in [0.29, 0.717) is 37.7 Å². The van der Waals surface area contributed by atoms with Crippen molar-refractivity contribution in [2.75, 3.05) is 31.3 Å². The van der Waals surface area contributed by atoms with Gasteiger partial charge < -0.3 is 4.74 Å². The van der Waals surface area contributed by atoms with Crippen LogP contribution in [0.3, 0.4) is 0 Å². The van der Waals surface area contributed by atoms with E-state index in [9.17, 15) is 18.0 Å². The van der Waals surface area contributed by atoms with E-state index < -0.39 is 27.6 Å². The van der Waals surface area contributed by atoms with Crippen LogP contribution in [0.2, 0.25) is 0 Å². The molecule has 0 N–H and O–H groups in total. The Kier molecular flexibility index (Phi) is 5.50. The van der Waals surface area contributed by atoms with Gasteiger partial charge in [0, 0.05) is 18.7 Å². The Morgan fingerprint density at radius 1 is 1.03 bits per heavy atom. The monoisotopic (exact) mass is 427 g/mol. The Hall–Kier alpha value is -2.88. The van der Waals surface area contributed by atoms with Gasteiger partial charge in [-0.3, -0.25) is 9.59 Å². The first-order chi connectivity index (χ1) is 14.4. The quantitative estimate of drug-likeness (QED) is 0.537. The van der Waals surface area contributed by atoms with Crippen LogP contribution >= 0.6 is 0 Å². The Labute approximate surface area is 174 Å². The molecule has 1 fully saturated rings. The van der Waals surface area contributed by atoms with Gasteiger partial charge in [-0.25, -0.2) is 8.42 Å². The Morgan fingerprint density at radius 3 is 2.30 bits per heavy atom. The number of rotatable bonds is 5. The van der Waals surface area contributed by atoms with Gasteiger partial charge in [-0.1, -0.05) is 30.3 Å². The number of anilines is 1. The largest absolute Gasteiger partial charge is 0.379 e. The maximum Gasteiger partial charge on any atom is 0.264 e. The second-order valence-corrected chi connectivity index (χ2v) is 9.00. The molecule has 1 saturated heterocycles. The molecule has 156 valence electrons. The average Bonchev–Trinajstić information content (AvgIpc) is 3.08. The molecule has 0 aromatic heterocycles. The minimum atomic E-state index is -3.65. The summed E-state index contributed by atoms with van der Waals surface area (Å²) in [6, 6.07) is 14.6. The minimum Gasteiger partial charge on any atom is -0.379 e. The van der Waals surface area contributed by atoms with Gasteiger partial charge >= 0.3 is 0 Å². The number of ether oxygens (including phenoxy) is 1. The predicted octanol–water partition coefficient (Wildman–Crippen LogP) is 1.93. The summed E-state index contributed by atoms with van der Waals surface area (Å²) >= 11 is 0. The Bertz CT molecular complexity index is 1090. The molecule has 9 heteroatoms. The van der Waals surface area contributed by atoms with Gasteiger partial charge in [-0.05, 0) is 31.2 Å². The number of para-hydroxylation sites is 1. The van der Waals surface area contributed by atoms with E-state index >= 15 is 0 Å². The van der Waals surface area contributed by atoms with Crippen LogP contribution in [0.5, 0.6) is 0 Å². The Balaban J connectivity index is 1.54. The normalized spacial score (nSPS) is 20.3. The number of carbonyl (C=O) groups is 2. The number of carbonyl (C=O) groups excluding carboxylic acids is 2. The number of ketones is 1. The van der Waals surface area contributed by atoms with Crippen LogP contribution in [0.15, 0.2) is 64.6 Å².